The first-order chi connectivity index (χ1) is 17.5. The van der Waals surface area contributed by atoms with Gasteiger partial charge >= 0.3 is 0 Å². The maximum atomic E-state index is 13.5. The molecule has 36 heavy (non-hydrogen) atoms. The van der Waals surface area contributed by atoms with Crippen molar-refractivity contribution in [2.75, 3.05) is 5.32 Å². The molecule has 5 rings (SSSR count). The molecule has 180 valence electrons. The summed E-state index contributed by atoms with van der Waals surface area (Å²) in [6, 6.07) is 29.8. The quantitative estimate of drug-likeness (QED) is 0.328. The van der Waals surface area contributed by atoms with Gasteiger partial charge < -0.3 is 5.32 Å². The van der Waals surface area contributed by atoms with Gasteiger partial charge in [-0.2, -0.15) is 0 Å². The number of rotatable bonds is 6. The number of hydrogen-bond donors (Lipinski definition) is 1. The highest BCUT2D eigenvalue weighted by molar-refractivity contribution is 8.15. The summed E-state index contributed by atoms with van der Waals surface area (Å²) in [5.41, 5.74) is 4.72. The second kappa shape index (κ2) is 10.4. The molecule has 5 nitrogen and oxygen atoms in total. The number of aliphatic imine (C=N–C) groups is 1. The van der Waals surface area contributed by atoms with Gasteiger partial charge in [-0.1, -0.05) is 84.6 Å². The van der Waals surface area contributed by atoms with Crippen LogP contribution in [0.2, 0.25) is 0 Å². The van der Waals surface area contributed by atoms with Crippen molar-refractivity contribution in [1.82, 2.24) is 4.90 Å². The number of fused-ring (bicyclic) bond motifs is 1. The van der Waals surface area contributed by atoms with Crippen LogP contribution in [0.5, 0.6) is 0 Å². The highest BCUT2D eigenvalue weighted by Crippen LogP contribution is 2.34. The van der Waals surface area contributed by atoms with Crippen LogP contribution in [-0.2, 0) is 16.1 Å². The molecule has 1 aliphatic heterocycles. The summed E-state index contributed by atoms with van der Waals surface area (Å²) in [6.45, 7) is 4.45. The molecule has 0 bridgehead atoms. The topological polar surface area (TPSA) is 61.8 Å². The van der Waals surface area contributed by atoms with E-state index in [0.717, 1.165) is 38.8 Å². The normalized spacial score (nSPS) is 16.6. The van der Waals surface area contributed by atoms with Crippen LogP contribution in [0.25, 0.3) is 10.8 Å². The zero-order chi connectivity index (χ0) is 25.1. The Balaban J connectivity index is 1.37. The van der Waals surface area contributed by atoms with Crippen molar-refractivity contribution in [3.8, 4) is 0 Å². The summed E-state index contributed by atoms with van der Waals surface area (Å²) >= 11 is 1.36. The van der Waals surface area contributed by atoms with Crippen LogP contribution >= 0.6 is 11.8 Å². The fourth-order valence-corrected chi connectivity index (χ4v) is 5.38. The highest BCUT2D eigenvalue weighted by Gasteiger charge is 2.39. The van der Waals surface area contributed by atoms with Crippen molar-refractivity contribution >= 4 is 50.9 Å². The van der Waals surface area contributed by atoms with Crippen molar-refractivity contribution in [2.24, 2.45) is 4.99 Å². The third kappa shape index (κ3) is 5.34. The second-order valence-corrected chi connectivity index (χ2v) is 10.2. The van der Waals surface area contributed by atoms with Crippen LogP contribution < -0.4 is 5.32 Å². The number of aryl methyl sites for hydroxylation is 2. The van der Waals surface area contributed by atoms with E-state index in [9.17, 15) is 9.59 Å². The molecule has 1 fully saturated rings. The maximum Gasteiger partial charge on any atom is 0.242 e. The van der Waals surface area contributed by atoms with Gasteiger partial charge in [0.05, 0.1) is 12.2 Å². The number of nitrogens with zero attached hydrogens (tertiary/aromatic N) is 2. The van der Waals surface area contributed by atoms with E-state index in [1.807, 2.05) is 105 Å². The van der Waals surface area contributed by atoms with E-state index < -0.39 is 5.25 Å². The van der Waals surface area contributed by atoms with Gasteiger partial charge in [-0.15, -0.1) is 0 Å². The third-order valence-electron chi connectivity index (χ3n) is 6.19. The van der Waals surface area contributed by atoms with Crippen LogP contribution in [0.4, 0.5) is 11.4 Å². The van der Waals surface area contributed by atoms with Gasteiger partial charge in [-0.3, -0.25) is 14.5 Å². The van der Waals surface area contributed by atoms with Crippen LogP contribution in [0.1, 0.15) is 23.1 Å². The lowest BCUT2D eigenvalue weighted by atomic mass is 10.1. The van der Waals surface area contributed by atoms with Crippen LogP contribution in [-0.4, -0.2) is 27.1 Å². The summed E-state index contributed by atoms with van der Waals surface area (Å²) in [7, 11) is 0. The van der Waals surface area contributed by atoms with Crippen LogP contribution in [0.3, 0.4) is 0 Å². The van der Waals surface area contributed by atoms with Crippen molar-refractivity contribution < 1.29 is 9.59 Å². The molecule has 2 amide bonds. The molecule has 4 aromatic rings. The number of nitrogens with one attached hydrogen (secondary N) is 1. The zero-order valence-corrected chi connectivity index (χ0v) is 21.1. The van der Waals surface area contributed by atoms with Crippen LogP contribution in [0, 0.1) is 13.8 Å². The van der Waals surface area contributed by atoms with E-state index in [1.54, 1.807) is 4.90 Å². The maximum absolute atomic E-state index is 13.5. The Hall–Kier alpha value is -3.90. The number of thioether (sulfide) groups is 1. The zero-order valence-electron chi connectivity index (χ0n) is 20.3. The van der Waals surface area contributed by atoms with Gasteiger partial charge in [-0.25, -0.2) is 4.99 Å². The van der Waals surface area contributed by atoms with Gasteiger partial charge in [0.25, 0.3) is 0 Å². The van der Waals surface area contributed by atoms with E-state index in [1.165, 1.54) is 11.8 Å². The van der Waals surface area contributed by atoms with Crippen molar-refractivity contribution in [1.29, 1.82) is 0 Å². The minimum absolute atomic E-state index is 0.0768. The Bertz CT molecular complexity index is 1470. The summed E-state index contributed by atoms with van der Waals surface area (Å²) in [4.78, 5) is 33.0. The Kier molecular flexibility index (Phi) is 6.87. The molecule has 6 heteroatoms. The predicted molar refractivity (Wildman–Crippen MR) is 149 cm³/mol. The summed E-state index contributed by atoms with van der Waals surface area (Å²) < 4.78 is 0. The number of amidine groups is 1. The molecule has 1 unspecified atom stereocenters. The fourth-order valence-electron chi connectivity index (χ4n) is 4.23. The SMILES string of the molecule is Cc1ccc(C)c(N=C2SC(CC(=O)Nc3ccc4ccccc4c3)C(=O)N2Cc2ccccc2)c1. The van der Waals surface area contributed by atoms with E-state index >= 15 is 0 Å². The summed E-state index contributed by atoms with van der Waals surface area (Å²) in [6.07, 6.45) is 0.0768. The summed E-state index contributed by atoms with van der Waals surface area (Å²) in [5.74, 6) is -0.287. The van der Waals surface area contributed by atoms with E-state index in [0.29, 0.717) is 11.7 Å². The lowest BCUT2D eigenvalue weighted by Crippen LogP contribution is -2.33. The Morgan fingerprint density at radius 1 is 0.917 bits per heavy atom. The first-order valence-electron chi connectivity index (χ1n) is 11.9. The van der Waals surface area contributed by atoms with Crippen molar-refractivity contribution in [3.05, 3.63) is 108 Å². The molecule has 0 radical (unpaired) electrons. The van der Waals surface area contributed by atoms with Gasteiger partial charge in [0.15, 0.2) is 5.17 Å². The predicted octanol–water partition coefficient (Wildman–Crippen LogP) is 6.62. The summed E-state index contributed by atoms with van der Waals surface area (Å²) in [5, 5.41) is 5.23. The smallest absolute Gasteiger partial charge is 0.242 e. The molecular formula is C30H27N3O2S. The molecule has 1 N–H and O–H groups in total. The molecule has 0 aromatic heterocycles. The third-order valence-corrected chi connectivity index (χ3v) is 7.36. The van der Waals surface area contributed by atoms with Gasteiger partial charge in [0, 0.05) is 12.1 Å². The lowest BCUT2D eigenvalue weighted by Gasteiger charge is -2.17. The van der Waals surface area contributed by atoms with Gasteiger partial charge in [0.1, 0.15) is 5.25 Å². The number of carbonyl (C=O) groups is 2. The molecular weight excluding hydrogens is 466 g/mol. The Morgan fingerprint density at radius 3 is 2.47 bits per heavy atom. The number of amides is 2. The first kappa shape index (κ1) is 23.8. The van der Waals surface area contributed by atoms with E-state index in [2.05, 4.69) is 5.32 Å². The highest BCUT2D eigenvalue weighted by atomic mass is 32.2. The Morgan fingerprint density at radius 2 is 1.67 bits per heavy atom. The monoisotopic (exact) mass is 493 g/mol. The molecule has 4 aromatic carbocycles. The van der Waals surface area contributed by atoms with Crippen molar-refractivity contribution in [2.45, 2.75) is 32.1 Å². The number of carbonyl (C=O) groups excluding carboxylic acids is 2. The minimum atomic E-state index is -0.530. The first-order valence-corrected chi connectivity index (χ1v) is 12.8. The molecule has 0 aliphatic carbocycles. The molecule has 0 saturated carbocycles. The molecule has 0 spiro atoms. The minimum Gasteiger partial charge on any atom is -0.326 e. The number of benzene rings is 4. The van der Waals surface area contributed by atoms with E-state index in [-0.39, 0.29) is 18.2 Å². The molecule has 1 aliphatic rings. The Labute approximate surface area is 215 Å². The average Bonchev–Trinajstić information content (AvgIpc) is 3.15. The van der Waals surface area contributed by atoms with E-state index in [4.69, 9.17) is 4.99 Å². The largest absolute Gasteiger partial charge is 0.326 e. The molecule has 1 saturated heterocycles. The number of hydrogen-bond acceptors (Lipinski definition) is 4. The standard InChI is InChI=1S/C30H27N3O2S/c1-20-12-13-21(2)26(16-20)32-30-33(19-22-8-4-3-5-9-22)29(35)27(36-30)18-28(34)31-25-15-14-23-10-6-7-11-24(23)17-25/h3-17,27H,18-19H2,1-2H3,(H,31,34). The lowest BCUT2D eigenvalue weighted by molar-refractivity contribution is -0.128. The second-order valence-electron chi connectivity index (χ2n) is 9.02. The van der Waals surface area contributed by atoms with Gasteiger partial charge in [0.2, 0.25) is 11.8 Å². The molecule has 1 atom stereocenters. The molecule has 1 heterocycles. The van der Waals surface area contributed by atoms with Gasteiger partial charge in [-0.05, 0) is 59.5 Å². The van der Waals surface area contributed by atoms with Crippen LogP contribution in [0.15, 0.2) is 96.0 Å². The fraction of sp³-hybridized carbons (Fsp3) is 0.167. The van der Waals surface area contributed by atoms with Crippen molar-refractivity contribution in [3.63, 3.8) is 0 Å². The number of anilines is 1. The average molecular weight is 494 g/mol.